The topological polar surface area (TPSA) is 58.2 Å². The molecule has 106 valence electrons. The zero-order valence-electron chi connectivity index (χ0n) is 9.92. The maximum atomic E-state index is 13.4. The standard InChI is InChI=1S/C11H13F3N2O2S/c12-8-4-10(14)11(5-9(8)13)16-19(17,18)7-2-1-3-15-6-7/h4-5,7,15-16H,1-3,6H2. The second-order valence-electron chi connectivity index (χ2n) is 4.36. The Kier molecular flexibility index (Phi) is 4.00. The summed E-state index contributed by atoms with van der Waals surface area (Å²) in [5.41, 5.74) is -0.579. The highest BCUT2D eigenvalue weighted by Gasteiger charge is 2.28. The maximum Gasteiger partial charge on any atom is 0.236 e. The molecule has 8 heteroatoms. The number of benzene rings is 1. The molecule has 1 aliphatic rings. The Bertz CT molecular complexity index is 572. The van der Waals surface area contributed by atoms with Crippen molar-refractivity contribution in [2.45, 2.75) is 18.1 Å². The summed E-state index contributed by atoms with van der Waals surface area (Å²) in [7, 11) is -3.83. The van der Waals surface area contributed by atoms with Crippen molar-refractivity contribution >= 4 is 15.7 Å². The van der Waals surface area contributed by atoms with Gasteiger partial charge in [0.2, 0.25) is 10.0 Å². The van der Waals surface area contributed by atoms with Gasteiger partial charge in [-0.2, -0.15) is 0 Å². The zero-order chi connectivity index (χ0) is 14.0. The highest BCUT2D eigenvalue weighted by molar-refractivity contribution is 7.93. The average molecular weight is 294 g/mol. The van der Waals surface area contributed by atoms with Gasteiger partial charge in [-0.15, -0.1) is 0 Å². The van der Waals surface area contributed by atoms with Gasteiger partial charge in [-0.05, 0) is 19.4 Å². The van der Waals surface area contributed by atoms with E-state index >= 15 is 0 Å². The fraction of sp³-hybridized carbons (Fsp3) is 0.455. The molecule has 1 atom stereocenters. The molecule has 2 rings (SSSR count). The molecule has 0 bridgehead atoms. The van der Waals surface area contributed by atoms with Crippen LogP contribution in [-0.2, 0) is 10.0 Å². The van der Waals surface area contributed by atoms with Crippen LogP contribution < -0.4 is 10.0 Å². The van der Waals surface area contributed by atoms with Crippen LogP contribution in [0.5, 0.6) is 0 Å². The Morgan fingerprint density at radius 1 is 1.16 bits per heavy atom. The second-order valence-corrected chi connectivity index (χ2v) is 6.32. The molecule has 4 nitrogen and oxygen atoms in total. The molecule has 1 aromatic rings. The summed E-state index contributed by atoms with van der Waals surface area (Å²) in [6.45, 7) is 0.978. The summed E-state index contributed by atoms with van der Waals surface area (Å²) in [4.78, 5) is 0. The first-order valence-corrected chi connectivity index (χ1v) is 7.31. The minimum Gasteiger partial charge on any atom is -0.315 e. The maximum absolute atomic E-state index is 13.4. The van der Waals surface area contributed by atoms with E-state index in [9.17, 15) is 21.6 Å². The van der Waals surface area contributed by atoms with Crippen LogP contribution in [0, 0.1) is 17.5 Å². The van der Waals surface area contributed by atoms with Gasteiger partial charge in [0, 0.05) is 18.7 Å². The highest BCUT2D eigenvalue weighted by atomic mass is 32.2. The van der Waals surface area contributed by atoms with Crippen molar-refractivity contribution in [2.75, 3.05) is 17.8 Å². The number of sulfonamides is 1. The molecular formula is C11H13F3N2O2S. The summed E-state index contributed by atoms with van der Waals surface area (Å²) in [5, 5.41) is 2.20. The molecule has 2 N–H and O–H groups in total. The monoisotopic (exact) mass is 294 g/mol. The lowest BCUT2D eigenvalue weighted by molar-refractivity contribution is 0.494. The first-order chi connectivity index (χ1) is 8.90. The van der Waals surface area contributed by atoms with Gasteiger partial charge in [-0.3, -0.25) is 4.72 Å². The fourth-order valence-corrected chi connectivity index (χ4v) is 3.37. The summed E-state index contributed by atoms with van der Waals surface area (Å²) in [6.07, 6.45) is 1.12. The van der Waals surface area contributed by atoms with Crippen LogP contribution in [0.3, 0.4) is 0 Å². The Morgan fingerprint density at radius 3 is 2.47 bits per heavy atom. The summed E-state index contributed by atoms with van der Waals surface area (Å²) in [6, 6.07) is 0.810. The lowest BCUT2D eigenvalue weighted by Gasteiger charge is -2.23. The number of hydrogen-bond donors (Lipinski definition) is 2. The second kappa shape index (κ2) is 5.38. The van der Waals surface area contributed by atoms with E-state index in [1.807, 2.05) is 4.72 Å². The van der Waals surface area contributed by atoms with Crippen LogP contribution in [0.2, 0.25) is 0 Å². The van der Waals surface area contributed by atoms with Gasteiger partial charge in [0.25, 0.3) is 0 Å². The third kappa shape index (κ3) is 3.19. The summed E-state index contributed by atoms with van der Waals surface area (Å²) < 4.78 is 65.0. The van der Waals surface area contributed by atoms with Gasteiger partial charge in [0.05, 0.1) is 10.9 Å². The first kappa shape index (κ1) is 14.1. The van der Waals surface area contributed by atoms with E-state index in [0.717, 1.165) is 6.54 Å². The normalized spacial score (nSPS) is 20.3. The number of hydrogen-bond acceptors (Lipinski definition) is 3. The number of nitrogens with one attached hydrogen (secondary N) is 2. The van der Waals surface area contributed by atoms with E-state index in [1.54, 1.807) is 0 Å². The Labute approximate surface area is 109 Å². The SMILES string of the molecule is O=S(=O)(Nc1cc(F)c(F)cc1F)C1CCCNC1. The molecule has 0 spiro atoms. The molecule has 0 aliphatic carbocycles. The van der Waals surface area contributed by atoms with E-state index in [-0.39, 0.29) is 6.54 Å². The molecule has 1 aromatic carbocycles. The van der Waals surface area contributed by atoms with Crippen LogP contribution in [0.1, 0.15) is 12.8 Å². The molecule has 19 heavy (non-hydrogen) atoms. The molecule has 0 amide bonds. The van der Waals surface area contributed by atoms with E-state index in [0.29, 0.717) is 25.0 Å². The number of halogens is 3. The predicted molar refractivity (Wildman–Crippen MR) is 64.8 cm³/mol. The molecule has 1 heterocycles. The van der Waals surface area contributed by atoms with Crippen LogP contribution >= 0.6 is 0 Å². The van der Waals surface area contributed by atoms with Crippen molar-refractivity contribution in [2.24, 2.45) is 0 Å². The van der Waals surface area contributed by atoms with Crippen molar-refractivity contribution in [1.29, 1.82) is 0 Å². The zero-order valence-corrected chi connectivity index (χ0v) is 10.7. The number of anilines is 1. The molecule has 1 fully saturated rings. The van der Waals surface area contributed by atoms with E-state index < -0.39 is 38.4 Å². The van der Waals surface area contributed by atoms with E-state index in [2.05, 4.69) is 5.32 Å². The lowest BCUT2D eigenvalue weighted by Crippen LogP contribution is -2.41. The van der Waals surface area contributed by atoms with Gasteiger partial charge in [-0.25, -0.2) is 21.6 Å². The smallest absolute Gasteiger partial charge is 0.236 e. The van der Waals surface area contributed by atoms with Crippen LogP contribution in [0.4, 0.5) is 18.9 Å². The Hall–Kier alpha value is -1.28. The van der Waals surface area contributed by atoms with Crippen molar-refractivity contribution in [1.82, 2.24) is 5.32 Å². The van der Waals surface area contributed by atoms with Gasteiger partial charge >= 0.3 is 0 Å². The molecule has 0 aromatic heterocycles. The molecule has 0 radical (unpaired) electrons. The van der Waals surface area contributed by atoms with Gasteiger partial charge < -0.3 is 5.32 Å². The highest BCUT2D eigenvalue weighted by Crippen LogP contribution is 2.22. The van der Waals surface area contributed by atoms with Crippen molar-refractivity contribution in [3.05, 3.63) is 29.6 Å². The number of piperidine rings is 1. The van der Waals surface area contributed by atoms with Gasteiger partial charge in [0.15, 0.2) is 11.6 Å². The average Bonchev–Trinajstić information content (AvgIpc) is 2.37. The van der Waals surface area contributed by atoms with Gasteiger partial charge in [-0.1, -0.05) is 0 Å². The minimum atomic E-state index is -3.83. The minimum absolute atomic E-state index is 0.251. The Balaban J connectivity index is 2.22. The molecule has 1 saturated heterocycles. The third-order valence-corrected chi connectivity index (χ3v) is 4.74. The van der Waals surface area contributed by atoms with Crippen molar-refractivity contribution in [3.63, 3.8) is 0 Å². The van der Waals surface area contributed by atoms with Crippen LogP contribution in [0.15, 0.2) is 12.1 Å². The molecular weight excluding hydrogens is 281 g/mol. The summed E-state index contributed by atoms with van der Waals surface area (Å²) in [5.74, 6) is -3.81. The molecule has 0 saturated carbocycles. The van der Waals surface area contributed by atoms with Crippen LogP contribution in [0.25, 0.3) is 0 Å². The number of rotatable bonds is 3. The van der Waals surface area contributed by atoms with Gasteiger partial charge in [0.1, 0.15) is 5.82 Å². The van der Waals surface area contributed by atoms with Crippen molar-refractivity contribution in [3.8, 4) is 0 Å². The van der Waals surface area contributed by atoms with Crippen LogP contribution in [-0.4, -0.2) is 26.8 Å². The largest absolute Gasteiger partial charge is 0.315 e. The Morgan fingerprint density at radius 2 is 1.84 bits per heavy atom. The fourth-order valence-electron chi connectivity index (χ4n) is 1.92. The molecule has 1 aliphatic heterocycles. The summed E-state index contributed by atoms with van der Waals surface area (Å²) >= 11 is 0. The predicted octanol–water partition coefficient (Wildman–Crippen LogP) is 1.60. The van der Waals surface area contributed by atoms with Crippen molar-refractivity contribution < 1.29 is 21.6 Å². The quantitative estimate of drug-likeness (QED) is 0.833. The third-order valence-electron chi connectivity index (χ3n) is 2.95. The first-order valence-electron chi connectivity index (χ1n) is 5.77. The van der Waals surface area contributed by atoms with E-state index in [4.69, 9.17) is 0 Å². The molecule has 1 unspecified atom stereocenters. The lowest BCUT2D eigenvalue weighted by atomic mass is 10.2. The van der Waals surface area contributed by atoms with E-state index in [1.165, 1.54) is 0 Å².